The number of rotatable bonds is 8. The zero-order valence-electron chi connectivity index (χ0n) is 22.1. The third kappa shape index (κ3) is 5.35. The summed E-state index contributed by atoms with van der Waals surface area (Å²) in [6.07, 6.45) is 0. The zero-order chi connectivity index (χ0) is 26.5. The average Bonchev–Trinajstić information content (AvgIpc) is 3.36. The predicted octanol–water partition coefficient (Wildman–Crippen LogP) is 5.45. The first-order valence-electron chi connectivity index (χ1n) is 13.0. The molecule has 3 aromatic carbocycles. The molecule has 0 bridgehead atoms. The van der Waals surface area contributed by atoms with E-state index in [-0.39, 0.29) is 18.0 Å². The standard InChI is InChI=1S/C31H34N4O3/c1-21-28-24(15-10-16-27(28)38-3)30(29(32-21)23-13-8-5-9-14-23)34-31(36)33-26-20-35(17-18-37-2)19-25(26)22-11-6-4-7-12-22/h4-16,25-26H,17-20H2,1-3H3,(H2,33,34,36)/t25-,26+/m0/s1. The second-order valence-electron chi connectivity index (χ2n) is 9.64. The van der Waals surface area contributed by atoms with Crippen molar-refractivity contribution in [3.8, 4) is 17.0 Å². The van der Waals surface area contributed by atoms with Gasteiger partial charge in [-0.05, 0) is 18.6 Å². The number of aryl methyl sites for hydroxylation is 1. The SMILES string of the molecule is COCCN1C[C@@H](NC(=O)Nc2c(-c3ccccc3)nc(C)c3c(OC)cccc23)[C@H](c2ccccc2)C1. The molecular weight excluding hydrogens is 476 g/mol. The number of amides is 2. The Morgan fingerprint density at radius 3 is 2.42 bits per heavy atom. The van der Waals surface area contributed by atoms with Gasteiger partial charge in [0.15, 0.2) is 0 Å². The fraction of sp³-hybridized carbons (Fsp3) is 0.290. The lowest BCUT2D eigenvalue weighted by atomic mass is 9.94. The van der Waals surface area contributed by atoms with E-state index in [0.717, 1.165) is 53.1 Å². The van der Waals surface area contributed by atoms with E-state index in [1.54, 1.807) is 14.2 Å². The Bertz CT molecular complexity index is 1390. The summed E-state index contributed by atoms with van der Waals surface area (Å²) in [5.74, 6) is 0.907. The minimum Gasteiger partial charge on any atom is -0.496 e. The molecule has 7 heteroatoms. The lowest BCUT2D eigenvalue weighted by Gasteiger charge is -2.22. The van der Waals surface area contributed by atoms with Crippen LogP contribution < -0.4 is 15.4 Å². The number of urea groups is 1. The Kier molecular flexibility index (Phi) is 7.86. The molecule has 1 aliphatic heterocycles. The van der Waals surface area contributed by atoms with Crippen molar-refractivity contribution in [1.29, 1.82) is 0 Å². The molecule has 0 unspecified atom stereocenters. The summed E-state index contributed by atoms with van der Waals surface area (Å²) < 4.78 is 11.0. The van der Waals surface area contributed by atoms with Gasteiger partial charge in [0.2, 0.25) is 0 Å². The lowest BCUT2D eigenvalue weighted by Crippen LogP contribution is -2.42. The maximum absolute atomic E-state index is 13.6. The Morgan fingerprint density at radius 1 is 0.974 bits per heavy atom. The molecule has 2 atom stereocenters. The fourth-order valence-corrected chi connectivity index (χ4v) is 5.41. The number of ether oxygens (including phenoxy) is 2. The van der Waals surface area contributed by atoms with Crippen LogP contribution in [0.2, 0.25) is 0 Å². The van der Waals surface area contributed by atoms with E-state index in [1.807, 2.05) is 73.7 Å². The second-order valence-corrected chi connectivity index (χ2v) is 9.64. The van der Waals surface area contributed by atoms with Gasteiger partial charge >= 0.3 is 6.03 Å². The molecule has 2 amide bonds. The summed E-state index contributed by atoms with van der Waals surface area (Å²) in [5, 5.41) is 8.23. The van der Waals surface area contributed by atoms with Crippen molar-refractivity contribution >= 4 is 22.5 Å². The summed E-state index contributed by atoms with van der Waals surface area (Å²) >= 11 is 0. The molecule has 5 rings (SSSR count). The first-order chi connectivity index (χ1) is 18.6. The quantitative estimate of drug-likeness (QED) is 0.330. The average molecular weight is 511 g/mol. The number of fused-ring (bicyclic) bond motifs is 1. The van der Waals surface area contributed by atoms with E-state index in [4.69, 9.17) is 14.5 Å². The molecule has 1 fully saturated rings. The smallest absolute Gasteiger partial charge is 0.319 e. The minimum absolute atomic E-state index is 0.0476. The van der Waals surface area contributed by atoms with Crippen LogP contribution in [0.25, 0.3) is 22.0 Å². The fourth-order valence-electron chi connectivity index (χ4n) is 5.41. The number of aromatic nitrogens is 1. The van der Waals surface area contributed by atoms with E-state index < -0.39 is 0 Å². The molecule has 2 heterocycles. The molecule has 2 N–H and O–H groups in total. The van der Waals surface area contributed by atoms with Crippen LogP contribution in [0.1, 0.15) is 17.2 Å². The van der Waals surface area contributed by atoms with Crippen LogP contribution in [-0.4, -0.2) is 62.4 Å². The van der Waals surface area contributed by atoms with Gasteiger partial charge in [0.05, 0.1) is 31.1 Å². The molecule has 196 valence electrons. The van der Waals surface area contributed by atoms with Crippen LogP contribution in [0, 0.1) is 6.92 Å². The predicted molar refractivity (Wildman–Crippen MR) is 152 cm³/mol. The number of carbonyl (C=O) groups is 1. The highest BCUT2D eigenvalue weighted by Gasteiger charge is 2.34. The number of carbonyl (C=O) groups excluding carboxylic acids is 1. The molecule has 0 radical (unpaired) electrons. The van der Waals surface area contributed by atoms with Gasteiger partial charge in [-0.3, -0.25) is 9.88 Å². The Morgan fingerprint density at radius 2 is 1.71 bits per heavy atom. The summed E-state index contributed by atoms with van der Waals surface area (Å²) in [6.45, 7) is 5.06. The van der Waals surface area contributed by atoms with Crippen LogP contribution in [0.3, 0.4) is 0 Å². The monoisotopic (exact) mass is 510 g/mol. The number of nitrogens with one attached hydrogen (secondary N) is 2. The van der Waals surface area contributed by atoms with Gasteiger partial charge in [-0.15, -0.1) is 0 Å². The van der Waals surface area contributed by atoms with Crippen molar-refractivity contribution in [2.75, 3.05) is 45.8 Å². The third-order valence-corrected chi connectivity index (χ3v) is 7.23. The van der Waals surface area contributed by atoms with Crippen molar-refractivity contribution in [3.63, 3.8) is 0 Å². The molecule has 1 aliphatic rings. The highest BCUT2D eigenvalue weighted by atomic mass is 16.5. The van der Waals surface area contributed by atoms with E-state index in [0.29, 0.717) is 12.3 Å². The van der Waals surface area contributed by atoms with Crippen molar-refractivity contribution < 1.29 is 14.3 Å². The number of hydrogen-bond donors (Lipinski definition) is 2. The summed E-state index contributed by atoms with van der Waals surface area (Å²) in [4.78, 5) is 20.9. The number of pyridine rings is 1. The minimum atomic E-state index is -0.253. The third-order valence-electron chi connectivity index (χ3n) is 7.23. The Hall–Kier alpha value is -3.94. The summed E-state index contributed by atoms with van der Waals surface area (Å²) in [7, 11) is 3.37. The molecule has 4 aromatic rings. The van der Waals surface area contributed by atoms with Crippen LogP contribution in [0.5, 0.6) is 5.75 Å². The molecule has 38 heavy (non-hydrogen) atoms. The van der Waals surface area contributed by atoms with E-state index in [9.17, 15) is 4.79 Å². The highest BCUT2D eigenvalue weighted by Crippen LogP contribution is 2.38. The van der Waals surface area contributed by atoms with Gasteiger partial charge in [-0.2, -0.15) is 0 Å². The number of nitrogens with zero attached hydrogens (tertiary/aromatic N) is 2. The molecular formula is C31H34N4O3. The Balaban J connectivity index is 1.48. The summed E-state index contributed by atoms with van der Waals surface area (Å²) in [5.41, 5.74) is 4.39. The van der Waals surface area contributed by atoms with Gasteiger partial charge in [0, 0.05) is 54.7 Å². The Labute approximate surface area is 223 Å². The number of likely N-dealkylation sites (tertiary alicyclic amines) is 1. The number of benzene rings is 3. The first kappa shape index (κ1) is 25.7. The largest absolute Gasteiger partial charge is 0.496 e. The lowest BCUT2D eigenvalue weighted by molar-refractivity contribution is 0.159. The molecule has 1 saturated heterocycles. The van der Waals surface area contributed by atoms with E-state index in [1.165, 1.54) is 5.56 Å². The molecule has 0 aliphatic carbocycles. The molecule has 0 spiro atoms. The van der Waals surface area contributed by atoms with Gasteiger partial charge in [-0.25, -0.2) is 4.79 Å². The van der Waals surface area contributed by atoms with Gasteiger partial charge in [0.25, 0.3) is 0 Å². The maximum atomic E-state index is 13.6. The maximum Gasteiger partial charge on any atom is 0.319 e. The van der Waals surface area contributed by atoms with Gasteiger partial charge < -0.3 is 20.1 Å². The van der Waals surface area contributed by atoms with Gasteiger partial charge in [0.1, 0.15) is 5.75 Å². The van der Waals surface area contributed by atoms with Crippen LogP contribution in [-0.2, 0) is 4.74 Å². The highest BCUT2D eigenvalue weighted by molar-refractivity contribution is 6.09. The van der Waals surface area contributed by atoms with Crippen molar-refractivity contribution in [1.82, 2.24) is 15.2 Å². The van der Waals surface area contributed by atoms with Crippen molar-refractivity contribution in [2.24, 2.45) is 0 Å². The second kappa shape index (κ2) is 11.6. The zero-order valence-corrected chi connectivity index (χ0v) is 22.1. The molecule has 1 aromatic heterocycles. The number of hydrogen-bond acceptors (Lipinski definition) is 5. The number of methoxy groups -OCH3 is 2. The van der Waals surface area contributed by atoms with Crippen molar-refractivity contribution in [2.45, 2.75) is 18.9 Å². The van der Waals surface area contributed by atoms with Gasteiger partial charge in [-0.1, -0.05) is 72.8 Å². The van der Waals surface area contributed by atoms with Crippen LogP contribution >= 0.6 is 0 Å². The molecule has 0 saturated carbocycles. The topological polar surface area (TPSA) is 75.7 Å². The number of anilines is 1. The summed E-state index contributed by atoms with van der Waals surface area (Å²) in [6, 6.07) is 25.9. The molecule has 7 nitrogen and oxygen atoms in total. The van der Waals surface area contributed by atoms with E-state index >= 15 is 0 Å². The van der Waals surface area contributed by atoms with Crippen molar-refractivity contribution in [3.05, 3.63) is 90.1 Å². The first-order valence-corrected chi connectivity index (χ1v) is 13.0. The van der Waals surface area contributed by atoms with Crippen LogP contribution in [0.4, 0.5) is 10.5 Å². The van der Waals surface area contributed by atoms with Crippen LogP contribution in [0.15, 0.2) is 78.9 Å². The normalized spacial score (nSPS) is 17.4. The van der Waals surface area contributed by atoms with E-state index in [2.05, 4.69) is 27.7 Å².